The molecule has 2 aliphatic heterocycles. The first-order valence-corrected chi connectivity index (χ1v) is 10.8. The van der Waals surface area contributed by atoms with Crippen molar-refractivity contribution in [3.05, 3.63) is 54.0 Å². The smallest absolute Gasteiger partial charge is 0.356 e. The van der Waals surface area contributed by atoms with Crippen LogP contribution in [0.15, 0.2) is 42.7 Å². The van der Waals surface area contributed by atoms with Crippen LogP contribution < -0.4 is 9.80 Å². The van der Waals surface area contributed by atoms with Gasteiger partial charge in [-0.3, -0.25) is 4.79 Å². The lowest BCUT2D eigenvalue weighted by Gasteiger charge is -2.24. The van der Waals surface area contributed by atoms with Crippen LogP contribution in [0.25, 0.3) is 5.69 Å². The van der Waals surface area contributed by atoms with Crippen molar-refractivity contribution in [3.63, 3.8) is 0 Å². The van der Waals surface area contributed by atoms with Gasteiger partial charge in [0.2, 0.25) is 5.95 Å². The Hall–Kier alpha value is -3.70. The Morgan fingerprint density at radius 1 is 1.00 bits per heavy atom. The molecule has 12 heteroatoms. The fraction of sp³-hybridized carbons (Fsp3) is 0.409. The molecule has 2 fully saturated rings. The molecule has 2 aromatic heterocycles. The van der Waals surface area contributed by atoms with Crippen molar-refractivity contribution in [1.82, 2.24) is 29.9 Å². The number of fused-ring (bicyclic) bond motifs is 1. The number of benzene rings is 1. The third-order valence-electron chi connectivity index (χ3n) is 6.26. The lowest BCUT2D eigenvalue weighted by Crippen LogP contribution is -2.34. The molecule has 1 aromatic carbocycles. The van der Waals surface area contributed by atoms with Gasteiger partial charge in [0.15, 0.2) is 5.69 Å². The summed E-state index contributed by atoms with van der Waals surface area (Å²) in [6.45, 7) is 2.10. The Morgan fingerprint density at radius 2 is 1.65 bits per heavy atom. The van der Waals surface area contributed by atoms with E-state index in [1.165, 1.54) is 9.70 Å². The Balaban J connectivity index is 1.33. The van der Waals surface area contributed by atoms with E-state index in [4.69, 9.17) is 0 Å². The molecular weight excluding hydrogens is 449 g/mol. The molecule has 0 spiro atoms. The highest BCUT2D eigenvalue weighted by atomic mass is 19.4. The van der Waals surface area contributed by atoms with Crippen molar-refractivity contribution in [1.29, 1.82) is 0 Å². The third kappa shape index (κ3) is 4.03. The van der Waals surface area contributed by atoms with E-state index in [0.29, 0.717) is 37.4 Å². The van der Waals surface area contributed by atoms with Crippen LogP contribution in [0.1, 0.15) is 16.1 Å². The van der Waals surface area contributed by atoms with Crippen LogP contribution in [0.5, 0.6) is 0 Å². The second-order valence-electron chi connectivity index (χ2n) is 8.77. The molecule has 2 unspecified atom stereocenters. The highest BCUT2D eigenvalue weighted by molar-refractivity contribution is 5.97. The number of para-hydroxylation sites is 1. The summed E-state index contributed by atoms with van der Waals surface area (Å²) in [5, 5.41) is 8.27. The summed E-state index contributed by atoms with van der Waals surface area (Å²) >= 11 is 0. The molecule has 5 rings (SSSR count). The van der Waals surface area contributed by atoms with Gasteiger partial charge in [-0.05, 0) is 12.1 Å². The van der Waals surface area contributed by atoms with Crippen molar-refractivity contribution in [2.45, 2.75) is 6.18 Å². The Labute approximate surface area is 193 Å². The molecule has 2 aliphatic rings. The molecule has 0 saturated carbocycles. The number of amides is 1. The van der Waals surface area contributed by atoms with Crippen molar-refractivity contribution in [2.75, 3.05) is 50.1 Å². The number of carbonyl (C=O) groups is 1. The molecule has 0 N–H and O–H groups in total. The molecule has 9 nitrogen and oxygen atoms in total. The number of likely N-dealkylation sites (tertiary alicyclic amines) is 1. The summed E-state index contributed by atoms with van der Waals surface area (Å²) in [6.07, 6.45) is -1.46. The number of halogens is 3. The number of hydrogen-bond donors (Lipinski definition) is 0. The van der Waals surface area contributed by atoms with Gasteiger partial charge in [0, 0.05) is 58.2 Å². The average molecular weight is 472 g/mol. The summed E-state index contributed by atoms with van der Waals surface area (Å²) in [7, 11) is 3.22. The van der Waals surface area contributed by atoms with Crippen LogP contribution in [-0.2, 0) is 6.18 Å². The topological polar surface area (TPSA) is 83.3 Å². The van der Waals surface area contributed by atoms with Crippen LogP contribution in [0.4, 0.5) is 24.9 Å². The van der Waals surface area contributed by atoms with E-state index in [9.17, 15) is 18.0 Å². The van der Waals surface area contributed by atoms with Gasteiger partial charge in [0.1, 0.15) is 5.82 Å². The van der Waals surface area contributed by atoms with Gasteiger partial charge in [0.05, 0.1) is 23.6 Å². The number of rotatable bonds is 4. The first-order chi connectivity index (χ1) is 16.2. The number of anilines is 2. The van der Waals surface area contributed by atoms with Crippen molar-refractivity contribution in [3.8, 4) is 5.69 Å². The van der Waals surface area contributed by atoms with Crippen LogP contribution in [0.2, 0.25) is 0 Å². The molecule has 0 radical (unpaired) electrons. The molecule has 0 bridgehead atoms. The number of carbonyl (C=O) groups excluding carboxylic acids is 1. The minimum absolute atomic E-state index is 0.0162. The molecule has 0 aliphatic carbocycles. The molecule has 3 aromatic rings. The minimum atomic E-state index is -4.56. The highest BCUT2D eigenvalue weighted by Crippen LogP contribution is 2.37. The van der Waals surface area contributed by atoms with Crippen molar-refractivity contribution in [2.24, 2.45) is 11.8 Å². The first-order valence-electron chi connectivity index (χ1n) is 10.8. The fourth-order valence-electron chi connectivity index (χ4n) is 4.61. The maximum absolute atomic E-state index is 13.4. The predicted octanol–water partition coefficient (Wildman–Crippen LogP) is 2.35. The van der Waals surface area contributed by atoms with Gasteiger partial charge >= 0.3 is 6.18 Å². The quantitative estimate of drug-likeness (QED) is 0.577. The van der Waals surface area contributed by atoms with Crippen LogP contribution in [-0.4, -0.2) is 76.0 Å². The summed E-state index contributed by atoms with van der Waals surface area (Å²) in [5.74, 6) is 0.457. The van der Waals surface area contributed by atoms with Crippen LogP contribution in [0.3, 0.4) is 0 Å². The van der Waals surface area contributed by atoms with E-state index in [1.54, 1.807) is 49.6 Å². The maximum atomic E-state index is 13.4. The predicted molar refractivity (Wildman–Crippen MR) is 118 cm³/mol. The third-order valence-corrected chi connectivity index (χ3v) is 6.26. The van der Waals surface area contributed by atoms with Gasteiger partial charge < -0.3 is 14.7 Å². The maximum Gasteiger partial charge on any atom is 0.433 e. The zero-order valence-corrected chi connectivity index (χ0v) is 18.6. The summed E-state index contributed by atoms with van der Waals surface area (Å²) < 4.78 is 40.1. The molecule has 2 saturated heterocycles. The molecule has 34 heavy (non-hydrogen) atoms. The monoisotopic (exact) mass is 472 g/mol. The number of aromatic nitrogens is 5. The molecule has 2 atom stereocenters. The normalized spacial score (nSPS) is 20.0. The van der Waals surface area contributed by atoms with Crippen LogP contribution in [0, 0.1) is 11.8 Å². The second kappa shape index (κ2) is 8.26. The Kier molecular flexibility index (Phi) is 5.37. The number of nitrogens with zero attached hydrogens (tertiary/aromatic N) is 8. The van der Waals surface area contributed by atoms with Gasteiger partial charge in [-0.1, -0.05) is 12.1 Å². The fourth-order valence-corrected chi connectivity index (χ4v) is 4.61. The highest BCUT2D eigenvalue weighted by Gasteiger charge is 2.43. The van der Waals surface area contributed by atoms with Crippen molar-refractivity contribution < 1.29 is 18.0 Å². The summed E-state index contributed by atoms with van der Waals surface area (Å²) in [6, 6.07) is 8.18. The van der Waals surface area contributed by atoms with E-state index < -0.39 is 11.9 Å². The first kappa shape index (κ1) is 22.1. The number of hydrogen-bond acceptors (Lipinski definition) is 7. The molecule has 178 valence electrons. The largest absolute Gasteiger partial charge is 0.433 e. The second-order valence-corrected chi connectivity index (χ2v) is 8.77. The van der Waals surface area contributed by atoms with E-state index in [2.05, 4.69) is 20.2 Å². The van der Waals surface area contributed by atoms with Crippen LogP contribution >= 0.6 is 0 Å². The van der Waals surface area contributed by atoms with Gasteiger partial charge in [-0.25, -0.2) is 4.98 Å². The zero-order chi connectivity index (χ0) is 24.0. The Morgan fingerprint density at radius 3 is 2.26 bits per heavy atom. The van der Waals surface area contributed by atoms with Crippen molar-refractivity contribution >= 4 is 17.7 Å². The van der Waals surface area contributed by atoms with Gasteiger partial charge in [-0.2, -0.15) is 33.1 Å². The van der Waals surface area contributed by atoms with Gasteiger partial charge in [-0.15, -0.1) is 0 Å². The lowest BCUT2D eigenvalue weighted by atomic mass is 10.0. The molecule has 4 heterocycles. The van der Waals surface area contributed by atoms with E-state index in [1.807, 2.05) is 11.0 Å². The average Bonchev–Trinajstić information content (AvgIpc) is 3.54. The lowest BCUT2D eigenvalue weighted by molar-refractivity contribution is -0.141. The number of alkyl halides is 3. The van der Waals surface area contributed by atoms with E-state index >= 15 is 0 Å². The zero-order valence-electron chi connectivity index (χ0n) is 18.6. The standard InChI is InChI=1S/C22H23F3N8O/c1-30(2)21-28-18(22(23,24)25)9-19(29-21)31-10-14-12-32(13-15(14)11-31)20(34)16-5-3-4-6-17(16)33-26-7-8-27-33/h3-9,14-15H,10-13H2,1-2H3. The van der Waals surface area contributed by atoms with E-state index in [0.717, 1.165) is 6.07 Å². The summed E-state index contributed by atoms with van der Waals surface area (Å²) in [5.41, 5.74) is 0.156. The SMILES string of the molecule is CN(C)c1nc(N2CC3CN(C(=O)c4ccccc4-n4nccn4)CC3C2)cc(C(F)(F)F)n1. The van der Waals surface area contributed by atoms with E-state index in [-0.39, 0.29) is 29.5 Å². The minimum Gasteiger partial charge on any atom is -0.356 e. The van der Waals surface area contributed by atoms with Gasteiger partial charge in [0.25, 0.3) is 5.91 Å². The Bertz CT molecular complexity index is 1180. The molecular formula is C22H23F3N8O. The summed E-state index contributed by atoms with van der Waals surface area (Å²) in [4.78, 5) is 27.8. The molecule has 1 amide bonds.